The summed E-state index contributed by atoms with van der Waals surface area (Å²) in [6, 6.07) is -0.0743. The summed E-state index contributed by atoms with van der Waals surface area (Å²) in [5.41, 5.74) is 4.67. The highest BCUT2D eigenvalue weighted by atomic mass is 19.3. The summed E-state index contributed by atoms with van der Waals surface area (Å²) in [6.45, 7) is 5.37. The second-order valence-corrected chi connectivity index (χ2v) is 6.49. The number of halogens is 2. The molecule has 1 saturated carbocycles. The largest absolute Gasteiger partial charge is 0.444 e. The molecule has 0 atom stereocenters. The van der Waals surface area contributed by atoms with Gasteiger partial charge in [0, 0.05) is 18.4 Å². The molecule has 0 bridgehead atoms. The van der Waals surface area contributed by atoms with E-state index in [1.165, 1.54) is 0 Å². The Balaban J connectivity index is 2.37. The normalized spacial score (nSPS) is 24.3. The number of hydrogen-bond acceptors (Lipinski definition) is 3. The van der Waals surface area contributed by atoms with E-state index >= 15 is 0 Å². The van der Waals surface area contributed by atoms with Crippen molar-refractivity contribution >= 4 is 6.09 Å². The molecule has 1 fully saturated rings. The Labute approximate surface area is 119 Å². The number of carbonyl (C=O) groups excluding carboxylic acids is 1. The molecule has 0 heterocycles. The van der Waals surface area contributed by atoms with Crippen LogP contribution < -0.4 is 11.1 Å². The van der Waals surface area contributed by atoms with Crippen LogP contribution in [0.25, 0.3) is 0 Å². The molecule has 20 heavy (non-hydrogen) atoms. The van der Waals surface area contributed by atoms with Crippen LogP contribution in [0.2, 0.25) is 0 Å². The third-order valence-corrected chi connectivity index (χ3v) is 3.52. The predicted molar refractivity (Wildman–Crippen MR) is 73.7 cm³/mol. The third-order valence-electron chi connectivity index (χ3n) is 3.52. The van der Waals surface area contributed by atoms with Crippen LogP contribution in [0, 0.1) is 5.92 Å². The van der Waals surface area contributed by atoms with E-state index in [0.29, 0.717) is 25.7 Å². The highest BCUT2D eigenvalue weighted by Gasteiger charge is 2.40. The number of amides is 1. The lowest BCUT2D eigenvalue weighted by atomic mass is 9.81. The van der Waals surface area contributed by atoms with Crippen molar-refractivity contribution in [1.29, 1.82) is 0 Å². The van der Waals surface area contributed by atoms with E-state index in [4.69, 9.17) is 10.5 Å². The van der Waals surface area contributed by atoms with Crippen LogP contribution in [0.5, 0.6) is 0 Å². The predicted octanol–water partition coefficient (Wildman–Crippen LogP) is 3.05. The summed E-state index contributed by atoms with van der Waals surface area (Å²) in [5.74, 6) is -3.31. The Hall–Kier alpha value is -0.910. The molecule has 1 aliphatic carbocycles. The van der Waals surface area contributed by atoms with Gasteiger partial charge in [-0.3, -0.25) is 0 Å². The van der Waals surface area contributed by atoms with Gasteiger partial charge in [0.1, 0.15) is 5.60 Å². The zero-order chi connectivity index (χ0) is 15.4. The van der Waals surface area contributed by atoms with E-state index in [0.717, 1.165) is 0 Å². The van der Waals surface area contributed by atoms with Gasteiger partial charge in [0.25, 0.3) is 5.92 Å². The third kappa shape index (κ3) is 5.61. The number of carbonyl (C=O) groups is 1. The summed E-state index contributed by atoms with van der Waals surface area (Å²) < 4.78 is 32.6. The first kappa shape index (κ1) is 17.1. The van der Waals surface area contributed by atoms with Gasteiger partial charge in [-0.2, -0.15) is 0 Å². The molecule has 1 aliphatic rings. The minimum atomic E-state index is -2.69. The van der Waals surface area contributed by atoms with Gasteiger partial charge in [-0.1, -0.05) is 0 Å². The van der Waals surface area contributed by atoms with Crippen LogP contribution in [0.15, 0.2) is 0 Å². The first-order valence-corrected chi connectivity index (χ1v) is 7.21. The summed E-state index contributed by atoms with van der Waals surface area (Å²) in [4.78, 5) is 11.6. The van der Waals surface area contributed by atoms with Gasteiger partial charge in [-0.15, -0.1) is 0 Å². The van der Waals surface area contributed by atoms with E-state index in [1.807, 2.05) is 0 Å². The number of alkyl carbamates (subject to hydrolysis) is 1. The van der Waals surface area contributed by atoms with Crippen molar-refractivity contribution in [1.82, 2.24) is 5.32 Å². The smallest absolute Gasteiger partial charge is 0.407 e. The van der Waals surface area contributed by atoms with E-state index < -0.39 is 23.5 Å². The summed E-state index contributed by atoms with van der Waals surface area (Å²) in [6.07, 6.45) is 1.20. The van der Waals surface area contributed by atoms with E-state index in [-0.39, 0.29) is 19.0 Å². The molecule has 0 aromatic carbocycles. The minimum absolute atomic E-state index is 0.00306. The van der Waals surface area contributed by atoms with Crippen molar-refractivity contribution in [2.75, 3.05) is 6.54 Å². The van der Waals surface area contributed by atoms with Crippen LogP contribution in [-0.2, 0) is 4.74 Å². The molecule has 6 heteroatoms. The second-order valence-electron chi connectivity index (χ2n) is 6.49. The van der Waals surface area contributed by atoms with Crippen LogP contribution in [-0.4, -0.2) is 30.2 Å². The van der Waals surface area contributed by atoms with Gasteiger partial charge in [-0.25, -0.2) is 13.6 Å². The molecule has 0 spiro atoms. The monoisotopic (exact) mass is 292 g/mol. The number of nitrogens with two attached hydrogens (primary N) is 1. The molecule has 0 aliphatic heterocycles. The molecule has 118 valence electrons. The van der Waals surface area contributed by atoms with Crippen LogP contribution in [0.3, 0.4) is 0 Å². The van der Waals surface area contributed by atoms with Crippen molar-refractivity contribution in [2.24, 2.45) is 11.7 Å². The molecule has 3 N–H and O–H groups in total. The average molecular weight is 292 g/mol. The molecule has 0 aromatic rings. The first-order valence-electron chi connectivity index (χ1n) is 7.21. The molecule has 4 nitrogen and oxygen atoms in total. The number of rotatable bonds is 4. The topological polar surface area (TPSA) is 64.3 Å². The summed E-state index contributed by atoms with van der Waals surface area (Å²) in [5, 5.41) is 2.75. The zero-order valence-corrected chi connectivity index (χ0v) is 12.5. The van der Waals surface area contributed by atoms with Crippen molar-refractivity contribution in [3.05, 3.63) is 0 Å². The van der Waals surface area contributed by atoms with Crippen LogP contribution >= 0.6 is 0 Å². The fourth-order valence-corrected chi connectivity index (χ4v) is 2.53. The minimum Gasteiger partial charge on any atom is -0.444 e. The second kappa shape index (κ2) is 6.70. The van der Waals surface area contributed by atoms with Gasteiger partial charge in [0.15, 0.2) is 0 Å². The van der Waals surface area contributed by atoms with Crippen molar-refractivity contribution in [3.8, 4) is 0 Å². The average Bonchev–Trinajstić information content (AvgIpc) is 2.26. The van der Waals surface area contributed by atoms with Crippen molar-refractivity contribution < 1.29 is 18.3 Å². The van der Waals surface area contributed by atoms with E-state index in [9.17, 15) is 13.6 Å². The number of hydrogen-bond donors (Lipinski definition) is 2. The Morgan fingerprint density at radius 3 is 2.25 bits per heavy atom. The molecule has 0 unspecified atom stereocenters. The molecular weight excluding hydrogens is 266 g/mol. The molecule has 0 saturated heterocycles. The maximum Gasteiger partial charge on any atom is 0.407 e. The molecule has 0 aromatic heterocycles. The summed E-state index contributed by atoms with van der Waals surface area (Å²) >= 11 is 0. The zero-order valence-electron chi connectivity index (χ0n) is 12.5. The molecule has 0 radical (unpaired) electrons. The molecule has 1 amide bonds. The van der Waals surface area contributed by atoms with Crippen LogP contribution in [0.1, 0.15) is 52.9 Å². The lowest BCUT2D eigenvalue weighted by molar-refractivity contribution is -0.0772. The fourth-order valence-electron chi connectivity index (χ4n) is 2.53. The Morgan fingerprint density at radius 1 is 1.25 bits per heavy atom. The summed E-state index contributed by atoms with van der Waals surface area (Å²) in [7, 11) is 0. The highest BCUT2D eigenvalue weighted by molar-refractivity contribution is 5.68. The quantitative estimate of drug-likeness (QED) is 0.837. The van der Waals surface area contributed by atoms with Gasteiger partial charge in [0.05, 0.1) is 0 Å². The fraction of sp³-hybridized carbons (Fsp3) is 0.929. The maximum atomic E-state index is 13.7. The first-order chi connectivity index (χ1) is 9.14. The van der Waals surface area contributed by atoms with Gasteiger partial charge in [-0.05, 0) is 53.0 Å². The lowest BCUT2D eigenvalue weighted by Crippen LogP contribution is -2.43. The van der Waals surface area contributed by atoms with Crippen molar-refractivity contribution in [3.63, 3.8) is 0 Å². The van der Waals surface area contributed by atoms with Crippen molar-refractivity contribution in [2.45, 2.75) is 70.4 Å². The number of nitrogens with one attached hydrogen (secondary N) is 1. The van der Waals surface area contributed by atoms with Gasteiger partial charge >= 0.3 is 6.09 Å². The Kier molecular flexibility index (Phi) is 5.74. The van der Waals surface area contributed by atoms with Gasteiger partial charge < -0.3 is 15.8 Å². The van der Waals surface area contributed by atoms with Crippen LogP contribution in [0.4, 0.5) is 13.6 Å². The maximum absolute atomic E-state index is 13.7. The Morgan fingerprint density at radius 2 is 1.80 bits per heavy atom. The molecular formula is C14H26F2N2O2. The van der Waals surface area contributed by atoms with E-state index in [1.54, 1.807) is 20.8 Å². The molecule has 1 rings (SSSR count). The van der Waals surface area contributed by atoms with Gasteiger partial charge in [0.2, 0.25) is 0 Å². The highest BCUT2D eigenvalue weighted by Crippen LogP contribution is 2.38. The number of alkyl halides is 2. The Bertz CT molecular complexity index is 322. The standard InChI is InChI=1S/C14H26F2N2O2/c1-13(2,3)20-12(19)18-11-6-4-10(5-7-11)14(15,16)8-9-17/h10-11H,4-9,17H2,1-3H3,(H,18,19). The van der Waals surface area contributed by atoms with E-state index in [2.05, 4.69) is 5.32 Å². The SMILES string of the molecule is CC(C)(C)OC(=O)NC1CCC(C(F)(F)CCN)CC1. The lowest BCUT2D eigenvalue weighted by Gasteiger charge is -2.34. The number of ether oxygens (including phenoxy) is 1.